The number of hydrogen-bond donors (Lipinski definition) is 3. The highest BCUT2D eigenvalue weighted by Crippen LogP contribution is 2.33. The Balaban J connectivity index is 0.000000561. The van der Waals surface area contributed by atoms with Crippen molar-refractivity contribution >= 4 is 12.3 Å². The van der Waals surface area contributed by atoms with Gasteiger partial charge in [0.1, 0.15) is 0 Å². The summed E-state index contributed by atoms with van der Waals surface area (Å²) < 4.78 is 0. The molecule has 3 heteroatoms. The van der Waals surface area contributed by atoms with Gasteiger partial charge in [0, 0.05) is 0 Å². The number of hydrogen-bond acceptors (Lipinski definition) is 3. The number of fused-ring (bicyclic) bond motifs is 2. The van der Waals surface area contributed by atoms with Crippen LogP contribution >= 0.6 is 0 Å². The van der Waals surface area contributed by atoms with Crippen LogP contribution in [0.3, 0.4) is 0 Å². The Labute approximate surface area is 133 Å². The maximum Gasteiger partial charge on any atom is -0.0146 e. The normalized spacial score (nSPS) is 11.5. The first-order chi connectivity index (χ1) is 10.9. The smallest absolute Gasteiger partial charge is 0.0146 e. The van der Waals surface area contributed by atoms with E-state index < -0.39 is 0 Å². The van der Waals surface area contributed by atoms with Gasteiger partial charge in [-0.25, -0.2) is 0 Å². The van der Waals surface area contributed by atoms with E-state index in [1.807, 2.05) is 0 Å². The standard InChI is InChI=1S/C18H18.CH3N.H4N2/c1-2-7-18-16-10-5-3-8-14(16)12-13-15-9-4-6-11-17(15)18;2*1-2/h3-11H,2,12-13H2,1H3;2H,1H2;1-2H2. The van der Waals surface area contributed by atoms with Gasteiger partial charge < -0.3 is 5.41 Å². The summed E-state index contributed by atoms with van der Waals surface area (Å²) >= 11 is 0. The molecule has 0 heterocycles. The molecule has 0 saturated heterocycles. The second kappa shape index (κ2) is 9.66. The van der Waals surface area contributed by atoms with Crippen LogP contribution in [0.15, 0.2) is 54.6 Å². The molecule has 0 aliphatic heterocycles. The third-order valence-electron chi connectivity index (χ3n) is 3.69. The second-order valence-corrected chi connectivity index (χ2v) is 4.84. The minimum absolute atomic E-state index is 1.08. The Morgan fingerprint density at radius 2 is 1.32 bits per heavy atom. The Morgan fingerprint density at radius 3 is 1.73 bits per heavy atom. The Hall–Kier alpha value is -2.23. The summed E-state index contributed by atoms with van der Waals surface area (Å²) in [6, 6.07) is 17.7. The molecule has 0 amide bonds. The van der Waals surface area contributed by atoms with Crippen molar-refractivity contribution in [1.29, 1.82) is 5.41 Å². The molecule has 2 aromatic carbocycles. The average molecular weight is 295 g/mol. The first-order valence-electron chi connectivity index (χ1n) is 7.45. The number of rotatable bonds is 1. The number of hydrazine groups is 1. The molecule has 1 aliphatic carbocycles. The maximum atomic E-state index is 5.50. The number of benzene rings is 2. The first-order valence-corrected chi connectivity index (χ1v) is 7.45. The molecule has 3 nitrogen and oxygen atoms in total. The van der Waals surface area contributed by atoms with Crippen molar-refractivity contribution in [3.63, 3.8) is 0 Å². The zero-order chi connectivity index (χ0) is 16.4. The monoisotopic (exact) mass is 295 g/mol. The fourth-order valence-electron chi connectivity index (χ4n) is 2.84. The van der Waals surface area contributed by atoms with E-state index in [4.69, 9.17) is 5.41 Å². The fraction of sp³-hybridized carbons (Fsp3) is 0.211. The summed E-state index contributed by atoms with van der Waals surface area (Å²) in [6.45, 7) is 4.71. The van der Waals surface area contributed by atoms with Gasteiger partial charge in [0.05, 0.1) is 0 Å². The number of aryl methyl sites for hydroxylation is 2. The van der Waals surface area contributed by atoms with Gasteiger partial charge in [0.15, 0.2) is 0 Å². The lowest BCUT2D eigenvalue weighted by molar-refractivity contribution is 0.965. The summed E-state index contributed by atoms with van der Waals surface area (Å²) in [7, 11) is 0. The molecule has 0 unspecified atom stereocenters. The topological polar surface area (TPSA) is 75.9 Å². The zero-order valence-corrected chi connectivity index (χ0v) is 13.2. The fourth-order valence-corrected chi connectivity index (χ4v) is 2.84. The summed E-state index contributed by atoms with van der Waals surface area (Å²) in [5.41, 5.74) is 7.22. The molecule has 1 aliphatic rings. The Morgan fingerprint density at radius 1 is 0.909 bits per heavy atom. The molecule has 0 fully saturated rings. The van der Waals surface area contributed by atoms with Crippen molar-refractivity contribution in [1.82, 2.24) is 0 Å². The summed E-state index contributed by atoms with van der Waals surface area (Å²) in [4.78, 5) is 0. The lowest BCUT2D eigenvalue weighted by Gasteiger charge is -2.11. The summed E-state index contributed by atoms with van der Waals surface area (Å²) in [5.74, 6) is 8.00. The molecule has 22 heavy (non-hydrogen) atoms. The SMILES string of the molecule is C=N.CCC=C1c2ccccc2CCc2ccccc21.NN. The van der Waals surface area contributed by atoms with E-state index in [0.717, 1.165) is 19.3 Å². The average Bonchev–Trinajstić information content (AvgIpc) is 2.77. The van der Waals surface area contributed by atoms with Crippen LogP contribution in [0.1, 0.15) is 35.6 Å². The molecule has 3 rings (SSSR count). The van der Waals surface area contributed by atoms with Crippen molar-refractivity contribution in [2.45, 2.75) is 26.2 Å². The van der Waals surface area contributed by atoms with Crippen molar-refractivity contribution in [3.8, 4) is 0 Å². The largest absolute Gasteiger partial charge is 0.317 e. The van der Waals surface area contributed by atoms with Crippen LogP contribution in [0.25, 0.3) is 5.57 Å². The summed E-state index contributed by atoms with van der Waals surface area (Å²) in [5, 5.41) is 5.50. The van der Waals surface area contributed by atoms with Gasteiger partial charge in [-0.15, -0.1) is 0 Å². The van der Waals surface area contributed by atoms with Crippen LogP contribution in [0.2, 0.25) is 0 Å². The van der Waals surface area contributed by atoms with Gasteiger partial charge in [0.25, 0.3) is 0 Å². The van der Waals surface area contributed by atoms with Crippen LogP contribution in [-0.2, 0) is 12.8 Å². The van der Waals surface area contributed by atoms with Crippen molar-refractivity contribution < 1.29 is 0 Å². The van der Waals surface area contributed by atoms with E-state index in [9.17, 15) is 0 Å². The molecule has 5 N–H and O–H groups in total. The highest BCUT2D eigenvalue weighted by molar-refractivity contribution is 5.83. The van der Waals surface area contributed by atoms with Gasteiger partial charge in [-0.2, -0.15) is 0 Å². The molecular weight excluding hydrogens is 270 g/mol. The molecule has 0 bridgehead atoms. The third kappa shape index (κ3) is 3.91. The van der Waals surface area contributed by atoms with Gasteiger partial charge in [-0.3, -0.25) is 11.7 Å². The molecule has 0 aromatic heterocycles. The molecule has 0 radical (unpaired) electrons. The number of nitrogens with two attached hydrogens (primary N) is 2. The molecular formula is C19H25N3. The molecule has 116 valence electrons. The van der Waals surface area contributed by atoms with E-state index in [-0.39, 0.29) is 0 Å². The van der Waals surface area contributed by atoms with Gasteiger partial charge >= 0.3 is 0 Å². The van der Waals surface area contributed by atoms with Crippen molar-refractivity contribution in [3.05, 3.63) is 76.9 Å². The lowest BCUT2D eigenvalue weighted by atomic mass is 9.93. The molecule has 0 spiro atoms. The van der Waals surface area contributed by atoms with Crippen molar-refractivity contribution in [2.75, 3.05) is 0 Å². The Bertz CT molecular complexity index is 568. The van der Waals surface area contributed by atoms with Crippen LogP contribution in [0.5, 0.6) is 0 Å². The third-order valence-corrected chi connectivity index (χ3v) is 3.69. The van der Waals surface area contributed by atoms with Gasteiger partial charge in [0.2, 0.25) is 0 Å². The van der Waals surface area contributed by atoms with Gasteiger partial charge in [-0.1, -0.05) is 61.5 Å². The van der Waals surface area contributed by atoms with Crippen LogP contribution in [0.4, 0.5) is 0 Å². The number of allylic oxidation sites excluding steroid dienone is 1. The predicted octanol–water partition coefficient (Wildman–Crippen LogP) is 3.71. The highest BCUT2D eigenvalue weighted by Gasteiger charge is 2.16. The molecule has 0 atom stereocenters. The first kappa shape index (κ1) is 17.8. The van der Waals surface area contributed by atoms with Gasteiger partial charge in [-0.05, 0) is 53.8 Å². The molecule has 2 aromatic rings. The van der Waals surface area contributed by atoms with E-state index in [0.29, 0.717) is 0 Å². The minimum Gasteiger partial charge on any atom is -0.317 e. The predicted molar refractivity (Wildman–Crippen MR) is 95.9 cm³/mol. The minimum atomic E-state index is 1.08. The molecule has 0 saturated carbocycles. The quantitative estimate of drug-likeness (QED) is 0.426. The van der Waals surface area contributed by atoms with Crippen molar-refractivity contribution in [2.24, 2.45) is 11.7 Å². The van der Waals surface area contributed by atoms with Crippen LogP contribution < -0.4 is 11.7 Å². The number of nitrogens with one attached hydrogen (secondary N) is 1. The zero-order valence-electron chi connectivity index (χ0n) is 13.2. The summed E-state index contributed by atoms with van der Waals surface area (Å²) in [6.07, 6.45) is 5.74. The van der Waals surface area contributed by atoms with E-state index >= 15 is 0 Å². The van der Waals surface area contributed by atoms with E-state index in [1.54, 1.807) is 0 Å². The van der Waals surface area contributed by atoms with Crippen LogP contribution in [0, 0.1) is 5.41 Å². The highest BCUT2D eigenvalue weighted by atomic mass is 15.0. The van der Waals surface area contributed by atoms with E-state index in [1.165, 1.54) is 27.8 Å². The van der Waals surface area contributed by atoms with Crippen LogP contribution in [-0.4, -0.2) is 6.72 Å². The maximum absolute atomic E-state index is 5.50. The lowest BCUT2D eigenvalue weighted by Crippen LogP contribution is -2.02. The van der Waals surface area contributed by atoms with E-state index in [2.05, 4.69) is 79.9 Å². The Kier molecular flexibility index (Phi) is 7.83. The second-order valence-electron chi connectivity index (χ2n) is 4.84.